The van der Waals surface area contributed by atoms with Gasteiger partial charge in [0, 0.05) is 6.20 Å². The molecular weight excluding hydrogens is 543 g/mol. The average molecular weight is 555 g/mol. The predicted molar refractivity (Wildman–Crippen MR) is 83.7 cm³/mol. The van der Waals surface area contributed by atoms with Crippen molar-refractivity contribution in [2.45, 2.75) is 25.2 Å². The molecule has 0 radical (unpaired) electrons. The number of nitrogen functional groups attached to an aromatic ring is 1. The van der Waals surface area contributed by atoms with E-state index in [-0.39, 0.29) is 124 Å². The van der Waals surface area contributed by atoms with Gasteiger partial charge in [-0.15, -0.1) is 0 Å². The molecule has 2 heterocycles. The van der Waals surface area contributed by atoms with E-state index in [1.54, 1.807) is 0 Å². The summed E-state index contributed by atoms with van der Waals surface area (Å²) in [4.78, 5) is 58.8. The van der Waals surface area contributed by atoms with Crippen molar-refractivity contribution in [3.8, 4) is 0 Å². The van der Waals surface area contributed by atoms with E-state index in [0.717, 1.165) is 0 Å². The molecule has 4 atom stereocenters. The molecule has 0 bridgehead atoms. The molecule has 2 N–H and O–H groups in total. The Kier molecular flexibility index (Phi) is 20.6. The smallest absolute Gasteiger partial charge is 0.790 e. The number of aromatic nitrogens is 2. The van der Waals surface area contributed by atoms with Crippen molar-refractivity contribution in [2.75, 3.05) is 12.3 Å². The zero-order chi connectivity index (χ0) is 20.5. The third-order valence-corrected chi connectivity index (χ3v) is 7.65. The van der Waals surface area contributed by atoms with Gasteiger partial charge >= 0.3 is 124 Å². The van der Waals surface area contributed by atoms with Crippen LogP contribution < -0.4 is 149 Å². The van der Waals surface area contributed by atoms with Gasteiger partial charge < -0.3 is 39.1 Å². The third-order valence-electron chi connectivity index (χ3n) is 3.07. The minimum Gasteiger partial charge on any atom is -0.790 e. The van der Waals surface area contributed by atoms with Gasteiger partial charge in [-0.05, 0) is 18.9 Å². The Morgan fingerprint density at radius 2 is 1.74 bits per heavy atom. The standard InChI is InChI=1S/C9H16N3O11P3S.4Na/c10-7-3-4-12(9(13)11-7)8-2-1-6(21-8)5-20-26(19,27)23-25(17,18)22-24(14,15)16;;;;/h3-4,6,8H,1-2,5H2,(H,17,18)(H,19,27)(H2,10,11,13)(H2,14,15,16);;;;/q;4*+1/p-4/t6-,8+,26?;;;;/m0..../s1. The van der Waals surface area contributed by atoms with E-state index in [9.17, 15) is 33.5 Å². The number of phosphoric acid groups is 2. The van der Waals surface area contributed by atoms with Gasteiger partial charge in [0.2, 0.25) is 0 Å². The SMILES string of the molecule is Nc1ccn([C@H]2CC[C@@H](COP([O-])(=S)OP(=O)([O-])OP(=O)([O-])[O-])O2)c(=O)n1.[Na+].[Na+].[Na+].[Na+]. The second kappa shape index (κ2) is 16.3. The summed E-state index contributed by atoms with van der Waals surface area (Å²) in [5.41, 5.74) is 4.73. The Labute approximate surface area is 270 Å². The third kappa shape index (κ3) is 14.7. The molecule has 2 rings (SSSR count). The molecule has 2 unspecified atom stereocenters. The van der Waals surface area contributed by atoms with Crippen LogP contribution in [0.5, 0.6) is 0 Å². The zero-order valence-corrected chi connectivity index (χ0v) is 28.6. The number of nitrogens with zero attached hydrogens (tertiary/aromatic N) is 2. The molecule has 0 amide bonds. The second-order valence-electron chi connectivity index (χ2n) is 5.13. The minimum absolute atomic E-state index is 0. The maximum absolute atomic E-state index is 11.8. The molecule has 14 nitrogen and oxygen atoms in total. The first kappa shape index (κ1) is 39.0. The Morgan fingerprint density at radius 1 is 1.16 bits per heavy atom. The Bertz CT molecular complexity index is 905. The van der Waals surface area contributed by atoms with Crippen molar-refractivity contribution in [2.24, 2.45) is 0 Å². The maximum atomic E-state index is 11.8. The van der Waals surface area contributed by atoms with Crippen molar-refractivity contribution in [3.05, 3.63) is 22.7 Å². The van der Waals surface area contributed by atoms with Gasteiger partial charge in [-0.2, -0.15) is 4.98 Å². The van der Waals surface area contributed by atoms with E-state index in [1.165, 1.54) is 16.8 Å². The summed E-state index contributed by atoms with van der Waals surface area (Å²) in [6.45, 7) is -5.25. The van der Waals surface area contributed by atoms with Crippen LogP contribution in [-0.2, 0) is 38.8 Å². The van der Waals surface area contributed by atoms with Crippen molar-refractivity contribution in [1.29, 1.82) is 0 Å². The number of rotatable bonds is 8. The summed E-state index contributed by atoms with van der Waals surface area (Å²) in [5, 5.41) is 0. The fourth-order valence-corrected chi connectivity index (χ4v) is 5.92. The summed E-state index contributed by atoms with van der Waals surface area (Å²) in [6.07, 6.45) is 0.579. The Morgan fingerprint density at radius 3 is 2.26 bits per heavy atom. The van der Waals surface area contributed by atoms with Crippen molar-refractivity contribution in [3.63, 3.8) is 0 Å². The number of nitrogens with two attached hydrogens (primary N) is 1. The molecule has 0 spiro atoms. The molecular formula is C9H12N3Na4O11P3S. The quantitative estimate of drug-likeness (QED) is 0.232. The van der Waals surface area contributed by atoms with Gasteiger partial charge in [0.1, 0.15) is 18.8 Å². The maximum Gasteiger partial charge on any atom is 1.00 e. The number of hydrogen-bond acceptors (Lipinski definition) is 14. The van der Waals surface area contributed by atoms with Crippen molar-refractivity contribution >= 4 is 40.0 Å². The molecule has 154 valence electrons. The van der Waals surface area contributed by atoms with Crippen LogP contribution in [0.4, 0.5) is 5.82 Å². The molecule has 0 aliphatic carbocycles. The van der Waals surface area contributed by atoms with E-state index in [1.807, 2.05) is 0 Å². The fraction of sp³-hybridized carbons (Fsp3) is 0.556. The van der Waals surface area contributed by atoms with Crippen molar-refractivity contribution in [1.82, 2.24) is 9.55 Å². The monoisotopic (exact) mass is 555 g/mol. The van der Waals surface area contributed by atoms with Crippen LogP contribution in [0.1, 0.15) is 19.1 Å². The minimum atomic E-state index is -5.96. The molecule has 1 aromatic heterocycles. The van der Waals surface area contributed by atoms with E-state index < -0.39 is 47.0 Å². The van der Waals surface area contributed by atoms with E-state index in [4.69, 9.17) is 10.5 Å². The molecule has 0 saturated carbocycles. The fourth-order valence-electron chi connectivity index (χ4n) is 2.12. The molecule has 0 aromatic carbocycles. The van der Waals surface area contributed by atoms with Gasteiger partial charge in [0.05, 0.1) is 20.5 Å². The number of ether oxygens (including phenoxy) is 1. The van der Waals surface area contributed by atoms with Crippen LogP contribution in [0.25, 0.3) is 0 Å². The first-order valence-corrected chi connectivity index (χ1v) is 12.5. The molecule has 1 saturated heterocycles. The van der Waals surface area contributed by atoms with E-state index in [2.05, 4.69) is 29.9 Å². The van der Waals surface area contributed by atoms with Crippen LogP contribution in [0.2, 0.25) is 0 Å². The normalized spacial score (nSPS) is 21.8. The van der Waals surface area contributed by atoms with E-state index >= 15 is 0 Å². The first-order valence-electron chi connectivity index (χ1n) is 6.98. The van der Waals surface area contributed by atoms with Gasteiger partial charge in [-0.25, -0.2) is 4.79 Å². The van der Waals surface area contributed by atoms with Gasteiger partial charge in [0.25, 0.3) is 7.82 Å². The summed E-state index contributed by atoms with van der Waals surface area (Å²) in [7, 11) is -11.8. The topological polar surface area (TPSA) is 224 Å². The summed E-state index contributed by atoms with van der Waals surface area (Å²) in [6, 6.07) is 1.39. The summed E-state index contributed by atoms with van der Waals surface area (Å²) in [5.74, 6) is 0.0308. The summed E-state index contributed by atoms with van der Waals surface area (Å²) >= 11 is 4.30. The van der Waals surface area contributed by atoms with Gasteiger partial charge in [-0.3, -0.25) is 17.8 Å². The van der Waals surface area contributed by atoms with Crippen LogP contribution in [0.15, 0.2) is 17.1 Å². The molecule has 31 heavy (non-hydrogen) atoms. The molecule has 1 aromatic rings. The van der Waals surface area contributed by atoms with Gasteiger partial charge in [0.15, 0.2) is 0 Å². The van der Waals surface area contributed by atoms with Crippen LogP contribution in [-0.4, -0.2) is 22.3 Å². The van der Waals surface area contributed by atoms with Crippen LogP contribution in [0, 0.1) is 0 Å². The molecule has 1 aliphatic rings. The van der Waals surface area contributed by atoms with Crippen LogP contribution in [0.3, 0.4) is 0 Å². The van der Waals surface area contributed by atoms with Crippen molar-refractivity contribution < 1.29 is 165 Å². The largest absolute Gasteiger partial charge is 1.00 e. The average Bonchev–Trinajstić information content (AvgIpc) is 2.90. The zero-order valence-electron chi connectivity index (χ0n) is 17.1. The number of anilines is 1. The van der Waals surface area contributed by atoms with E-state index in [0.29, 0.717) is 12.8 Å². The number of hydrogen-bond donors (Lipinski definition) is 1. The van der Waals surface area contributed by atoms with Crippen LogP contribution >= 0.6 is 22.4 Å². The summed E-state index contributed by atoms with van der Waals surface area (Å²) < 4.78 is 39.7. The second-order valence-corrected chi connectivity index (χ2v) is 10.7. The van der Waals surface area contributed by atoms with Gasteiger partial charge in [-0.1, -0.05) is 11.8 Å². The molecule has 1 fully saturated rings. The predicted octanol–water partition coefficient (Wildman–Crippen LogP) is -14.5. The molecule has 1 aliphatic heterocycles. The first-order chi connectivity index (χ1) is 12.3. The molecule has 22 heteroatoms. The Balaban J connectivity index is -0.00000196. The Hall–Kier alpha value is 3.47.